The summed E-state index contributed by atoms with van der Waals surface area (Å²) in [5.74, 6) is 0.211. The van der Waals surface area contributed by atoms with Crippen molar-refractivity contribution in [3.05, 3.63) is 12.0 Å². The van der Waals surface area contributed by atoms with Crippen molar-refractivity contribution in [1.29, 1.82) is 0 Å². The van der Waals surface area contributed by atoms with Crippen molar-refractivity contribution in [2.75, 3.05) is 24.7 Å². The number of imidazole rings is 1. The van der Waals surface area contributed by atoms with E-state index in [-0.39, 0.29) is 36.1 Å². The number of H-pyrrole nitrogens is 1. The van der Waals surface area contributed by atoms with Gasteiger partial charge in [-0.05, 0) is 13.3 Å². The molecule has 20 heavy (non-hydrogen) atoms. The molecule has 1 fully saturated rings. The Morgan fingerprint density at radius 1 is 1.55 bits per heavy atom. The standard InChI is InChI=1S/C10H17N3O5S2/c1-8-11-6-10(12-8)20(17,18)13(3-4-14)9-2-5-19(15,16)7-9/h6,9,14H,2-5,7H2,1H3,(H,11,12). The minimum absolute atomic E-state index is 0.0306. The highest BCUT2D eigenvalue weighted by Crippen LogP contribution is 2.23. The summed E-state index contributed by atoms with van der Waals surface area (Å²) in [4.78, 5) is 6.47. The summed E-state index contributed by atoms with van der Waals surface area (Å²) in [5, 5.41) is 8.97. The number of aromatic amines is 1. The minimum Gasteiger partial charge on any atom is -0.395 e. The van der Waals surface area contributed by atoms with Crippen LogP contribution in [0.5, 0.6) is 0 Å². The molecule has 114 valence electrons. The molecular weight excluding hydrogens is 306 g/mol. The fourth-order valence-corrected chi connectivity index (χ4v) is 5.69. The van der Waals surface area contributed by atoms with Gasteiger partial charge in [0.1, 0.15) is 5.82 Å². The largest absolute Gasteiger partial charge is 0.395 e. The molecule has 1 unspecified atom stereocenters. The van der Waals surface area contributed by atoms with Crippen molar-refractivity contribution in [2.24, 2.45) is 0 Å². The molecule has 1 aliphatic rings. The summed E-state index contributed by atoms with van der Waals surface area (Å²) >= 11 is 0. The first-order chi connectivity index (χ1) is 9.26. The lowest BCUT2D eigenvalue weighted by atomic mass is 10.3. The Labute approximate surface area is 117 Å². The van der Waals surface area contributed by atoms with Crippen LogP contribution in [-0.2, 0) is 19.9 Å². The van der Waals surface area contributed by atoms with Gasteiger partial charge in [-0.3, -0.25) is 0 Å². The molecule has 0 aromatic carbocycles. The summed E-state index contributed by atoms with van der Waals surface area (Å²) in [6.45, 7) is 1.11. The highest BCUT2D eigenvalue weighted by Gasteiger charge is 2.39. The smallest absolute Gasteiger partial charge is 0.260 e. The molecule has 1 atom stereocenters. The van der Waals surface area contributed by atoms with Gasteiger partial charge < -0.3 is 10.1 Å². The Morgan fingerprint density at radius 3 is 2.70 bits per heavy atom. The highest BCUT2D eigenvalue weighted by atomic mass is 32.2. The summed E-state index contributed by atoms with van der Waals surface area (Å²) in [6, 6.07) is -0.638. The number of sulfonamides is 1. The number of aryl methyl sites for hydroxylation is 1. The van der Waals surface area contributed by atoms with Crippen molar-refractivity contribution >= 4 is 19.9 Å². The summed E-state index contributed by atoms with van der Waals surface area (Å²) in [5.41, 5.74) is 0. The van der Waals surface area contributed by atoms with Gasteiger partial charge in [0.2, 0.25) is 0 Å². The third-order valence-electron chi connectivity index (χ3n) is 3.20. The number of sulfone groups is 1. The zero-order valence-corrected chi connectivity index (χ0v) is 12.6. The van der Waals surface area contributed by atoms with Gasteiger partial charge in [0.15, 0.2) is 14.9 Å². The Balaban J connectivity index is 2.33. The number of rotatable bonds is 5. The topological polar surface area (TPSA) is 120 Å². The van der Waals surface area contributed by atoms with Gasteiger partial charge >= 0.3 is 0 Å². The molecular formula is C10H17N3O5S2. The molecule has 0 aliphatic carbocycles. The predicted molar refractivity (Wildman–Crippen MR) is 71.4 cm³/mol. The molecule has 0 bridgehead atoms. The van der Waals surface area contributed by atoms with E-state index in [1.54, 1.807) is 6.92 Å². The van der Waals surface area contributed by atoms with Crippen LogP contribution in [0.2, 0.25) is 0 Å². The maximum Gasteiger partial charge on any atom is 0.260 e. The quantitative estimate of drug-likeness (QED) is 0.709. The van der Waals surface area contributed by atoms with Crippen LogP contribution in [0.15, 0.2) is 11.2 Å². The van der Waals surface area contributed by atoms with Gasteiger partial charge in [0, 0.05) is 12.6 Å². The molecule has 2 rings (SSSR count). The monoisotopic (exact) mass is 323 g/mol. The van der Waals surface area contributed by atoms with Crippen LogP contribution in [0.25, 0.3) is 0 Å². The Hall–Kier alpha value is -0.970. The molecule has 2 heterocycles. The Morgan fingerprint density at radius 2 is 2.25 bits per heavy atom. The molecule has 2 N–H and O–H groups in total. The van der Waals surface area contributed by atoms with Crippen LogP contribution < -0.4 is 0 Å². The number of aliphatic hydroxyl groups is 1. The van der Waals surface area contributed by atoms with Gasteiger partial charge in [-0.25, -0.2) is 21.8 Å². The first kappa shape index (κ1) is 15.4. The van der Waals surface area contributed by atoms with Crippen LogP contribution in [0, 0.1) is 6.92 Å². The zero-order chi connectivity index (χ0) is 15.0. The minimum atomic E-state index is -3.89. The van der Waals surface area contributed by atoms with Crippen molar-refractivity contribution in [2.45, 2.75) is 24.4 Å². The lowest BCUT2D eigenvalue weighted by Gasteiger charge is -2.25. The fourth-order valence-electron chi connectivity index (χ4n) is 2.26. The van der Waals surface area contributed by atoms with E-state index in [4.69, 9.17) is 5.11 Å². The van der Waals surface area contributed by atoms with Gasteiger partial charge in [0.05, 0.1) is 24.3 Å². The maximum atomic E-state index is 12.5. The average molecular weight is 323 g/mol. The lowest BCUT2D eigenvalue weighted by molar-refractivity contribution is 0.232. The number of hydrogen-bond acceptors (Lipinski definition) is 6. The number of nitrogens with one attached hydrogen (secondary N) is 1. The molecule has 10 heteroatoms. The SMILES string of the molecule is Cc1ncc(S(=O)(=O)N(CCO)C2CCS(=O)(=O)C2)[nH]1. The van der Waals surface area contributed by atoms with Crippen LogP contribution in [0.3, 0.4) is 0 Å². The molecule has 1 saturated heterocycles. The molecule has 0 spiro atoms. The third-order valence-corrected chi connectivity index (χ3v) is 6.81. The number of nitrogens with zero attached hydrogens (tertiary/aromatic N) is 2. The van der Waals surface area contributed by atoms with E-state index in [0.717, 1.165) is 4.31 Å². The molecule has 0 saturated carbocycles. The normalized spacial score (nSPS) is 22.4. The second-order valence-corrected chi connectivity index (χ2v) is 8.82. The van der Waals surface area contributed by atoms with E-state index >= 15 is 0 Å². The molecule has 1 aromatic rings. The van der Waals surface area contributed by atoms with E-state index in [0.29, 0.717) is 5.82 Å². The predicted octanol–water partition coefficient (Wildman–Crippen LogP) is -1.11. The van der Waals surface area contributed by atoms with Crippen molar-refractivity contribution < 1.29 is 21.9 Å². The molecule has 1 aromatic heterocycles. The van der Waals surface area contributed by atoms with E-state index in [2.05, 4.69) is 9.97 Å². The first-order valence-electron chi connectivity index (χ1n) is 6.11. The van der Waals surface area contributed by atoms with Crippen LogP contribution in [0.1, 0.15) is 12.2 Å². The fraction of sp³-hybridized carbons (Fsp3) is 0.700. The molecule has 0 amide bonds. The van der Waals surface area contributed by atoms with E-state index < -0.39 is 25.9 Å². The van der Waals surface area contributed by atoms with Crippen molar-refractivity contribution in [3.8, 4) is 0 Å². The van der Waals surface area contributed by atoms with Gasteiger partial charge in [-0.15, -0.1) is 0 Å². The van der Waals surface area contributed by atoms with Gasteiger partial charge in [0.25, 0.3) is 10.0 Å². The summed E-state index contributed by atoms with van der Waals surface area (Å²) < 4.78 is 49.0. The third kappa shape index (κ3) is 3.03. The molecule has 8 nitrogen and oxygen atoms in total. The van der Waals surface area contributed by atoms with Crippen LogP contribution in [-0.4, -0.2) is 66.9 Å². The van der Waals surface area contributed by atoms with Gasteiger partial charge in [-0.1, -0.05) is 0 Å². The number of hydrogen-bond donors (Lipinski definition) is 2. The molecule has 0 radical (unpaired) electrons. The highest BCUT2D eigenvalue weighted by molar-refractivity contribution is 7.92. The van der Waals surface area contributed by atoms with E-state index in [1.807, 2.05) is 0 Å². The first-order valence-corrected chi connectivity index (χ1v) is 9.37. The number of aliphatic hydroxyl groups excluding tert-OH is 1. The molecule has 1 aliphatic heterocycles. The summed E-state index contributed by atoms with van der Waals surface area (Å²) in [7, 11) is -7.09. The Bertz CT molecular complexity index is 680. The average Bonchev–Trinajstić information content (AvgIpc) is 2.92. The van der Waals surface area contributed by atoms with Crippen LogP contribution in [0.4, 0.5) is 0 Å². The lowest BCUT2D eigenvalue weighted by Crippen LogP contribution is -2.42. The zero-order valence-electron chi connectivity index (χ0n) is 11.0. The number of aromatic nitrogens is 2. The van der Waals surface area contributed by atoms with Gasteiger partial charge in [-0.2, -0.15) is 4.31 Å². The second-order valence-electron chi connectivity index (χ2n) is 4.73. The van der Waals surface area contributed by atoms with E-state index in [1.165, 1.54) is 6.20 Å². The maximum absolute atomic E-state index is 12.5. The second kappa shape index (κ2) is 5.43. The Kier molecular flexibility index (Phi) is 4.19. The van der Waals surface area contributed by atoms with Crippen molar-refractivity contribution in [1.82, 2.24) is 14.3 Å². The van der Waals surface area contributed by atoms with E-state index in [9.17, 15) is 16.8 Å². The van der Waals surface area contributed by atoms with Crippen LogP contribution >= 0.6 is 0 Å². The summed E-state index contributed by atoms with van der Waals surface area (Å²) in [6.07, 6.45) is 1.44. The van der Waals surface area contributed by atoms with Crippen molar-refractivity contribution in [3.63, 3.8) is 0 Å².